The molecule has 2 aromatic rings. The van der Waals surface area contributed by atoms with Gasteiger partial charge in [0, 0.05) is 24.1 Å². The van der Waals surface area contributed by atoms with Gasteiger partial charge in [-0.25, -0.2) is 4.68 Å². The van der Waals surface area contributed by atoms with Crippen LogP contribution in [0, 0.1) is 0 Å². The molecule has 7 nitrogen and oxygen atoms in total. The number of aryl methyl sites for hydroxylation is 1. The molecule has 1 saturated carbocycles. The minimum Gasteiger partial charge on any atom is -0.493 e. The molecule has 0 spiro atoms. The second kappa shape index (κ2) is 7.21. The molecule has 1 aliphatic carbocycles. The van der Waals surface area contributed by atoms with Crippen LogP contribution in [0.25, 0.3) is 0 Å². The molecular weight excluding hydrogens is 318 g/mol. The van der Waals surface area contributed by atoms with Gasteiger partial charge in [0.2, 0.25) is 5.91 Å². The summed E-state index contributed by atoms with van der Waals surface area (Å²) in [5.41, 5.74) is 1.97. The number of carbonyl (C=O) groups excluding carboxylic acids is 1. The molecule has 0 radical (unpaired) electrons. The molecule has 0 atom stereocenters. The zero-order valence-electron chi connectivity index (χ0n) is 14.3. The molecule has 1 N–H and O–H groups in total. The first-order chi connectivity index (χ1) is 12.3. The Morgan fingerprint density at radius 3 is 3.00 bits per heavy atom. The molecule has 2 aliphatic rings. The van der Waals surface area contributed by atoms with Crippen molar-refractivity contribution in [3.63, 3.8) is 0 Å². The fraction of sp³-hybridized carbons (Fsp3) is 0.556. The van der Waals surface area contributed by atoms with E-state index >= 15 is 0 Å². The summed E-state index contributed by atoms with van der Waals surface area (Å²) in [5.74, 6) is 1.90. The lowest BCUT2D eigenvalue weighted by Crippen LogP contribution is -2.19. The predicted octanol–water partition coefficient (Wildman–Crippen LogP) is 2.68. The summed E-state index contributed by atoms with van der Waals surface area (Å²) in [5, 5.41) is 15.1. The number of ether oxygens (including phenoxy) is 1. The van der Waals surface area contributed by atoms with Crippen molar-refractivity contribution in [3.05, 3.63) is 29.6 Å². The minimum atomic E-state index is 0.0726. The highest BCUT2D eigenvalue weighted by Crippen LogP contribution is 2.31. The van der Waals surface area contributed by atoms with Crippen LogP contribution in [0.2, 0.25) is 0 Å². The molecule has 2 heterocycles. The smallest absolute Gasteiger partial charge is 0.224 e. The number of anilines is 1. The summed E-state index contributed by atoms with van der Waals surface area (Å²) in [6.45, 7) is 0.613. The van der Waals surface area contributed by atoms with E-state index in [1.54, 1.807) is 0 Å². The third kappa shape index (κ3) is 3.50. The van der Waals surface area contributed by atoms with Crippen LogP contribution in [-0.2, 0) is 17.6 Å². The lowest BCUT2D eigenvalue weighted by Gasteiger charge is -2.20. The normalized spacial score (nSPS) is 17.4. The molecule has 1 fully saturated rings. The Bertz CT molecular complexity index is 752. The number of carbonyl (C=O) groups is 1. The predicted molar refractivity (Wildman–Crippen MR) is 92.5 cm³/mol. The highest BCUT2D eigenvalue weighted by Gasteiger charge is 2.21. The Morgan fingerprint density at radius 2 is 2.12 bits per heavy atom. The molecule has 7 heteroatoms. The molecule has 25 heavy (non-hydrogen) atoms. The van der Waals surface area contributed by atoms with Crippen LogP contribution in [0.1, 0.15) is 56.0 Å². The highest BCUT2D eigenvalue weighted by atomic mass is 16.5. The van der Waals surface area contributed by atoms with Crippen molar-refractivity contribution in [3.8, 4) is 5.75 Å². The van der Waals surface area contributed by atoms with Crippen LogP contribution in [0.5, 0.6) is 5.75 Å². The van der Waals surface area contributed by atoms with Crippen LogP contribution in [0.15, 0.2) is 18.2 Å². The zero-order chi connectivity index (χ0) is 17.1. The van der Waals surface area contributed by atoms with Gasteiger partial charge in [-0.15, -0.1) is 5.10 Å². The van der Waals surface area contributed by atoms with Crippen LogP contribution in [-0.4, -0.2) is 32.7 Å². The van der Waals surface area contributed by atoms with Crippen molar-refractivity contribution in [2.75, 3.05) is 11.9 Å². The number of amides is 1. The first-order valence-corrected chi connectivity index (χ1v) is 9.12. The number of benzene rings is 1. The maximum atomic E-state index is 11.5. The van der Waals surface area contributed by atoms with Crippen LogP contribution >= 0.6 is 0 Å². The van der Waals surface area contributed by atoms with Crippen molar-refractivity contribution >= 4 is 11.6 Å². The fourth-order valence-electron chi connectivity index (χ4n) is 3.75. The second-order valence-corrected chi connectivity index (χ2v) is 6.76. The maximum Gasteiger partial charge on any atom is 0.224 e. The summed E-state index contributed by atoms with van der Waals surface area (Å²) < 4.78 is 7.98. The number of nitrogens with one attached hydrogen (secondary N) is 1. The van der Waals surface area contributed by atoms with Crippen molar-refractivity contribution in [2.45, 2.75) is 57.4 Å². The summed E-state index contributed by atoms with van der Waals surface area (Å²) in [6, 6.07) is 6.28. The molecule has 0 saturated heterocycles. The second-order valence-electron chi connectivity index (χ2n) is 6.76. The standard InChI is InChI=1S/C18H23N5O2/c24-18-11-10-14-15(19-18)7-3-8-16(14)25-12-4-9-17-20-21-22-23(17)13-5-1-2-6-13/h3,7-8,13H,1-2,4-6,9-12H2,(H,19,24). The lowest BCUT2D eigenvalue weighted by atomic mass is 10.0. The minimum absolute atomic E-state index is 0.0726. The summed E-state index contributed by atoms with van der Waals surface area (Å²) in [6.07, 6.45) is 7.82. The Hall–Kier alpha value is -2.44. The van der Waals surface area contributed by atoms with Crippen molar-refractivity contribution in [1.29, 1.82) is 0 Å². The molecule has 132 valence electrons. The molecule has 1 aromatic heterocycles. The highest BCUT2D eigenvalue weighted by molar-refractivity contribution is 5.94. The number of nitrogens with zero attached hydrogens (tertiary/aromatic N) is 4. The Morgan fingerprint density at radius 1 is 1.24 bits per heavy atom. The van der Waals surface area contributed by atoms with E-state index in [0.29, 0.717) is 19.1 Å². The Kier molecular flexibility index (Phi) is 4.63. The van der Waals surface area contributed by atoms with E-state index < -0.39 is 0 Å². The van der Waals surface area contributed by atoms with Gasteiger partial charge in [-0.3, -0.25) is 4.79 Å². The van der Waals surface area contributed by atoms with Gasteiger partial charge in [-0.05, 0) is 48.2 Å². The van der Waals surface area contributed by atoms with E-state index in [4.69, 9.17) is 4.74 Å². The van der Waals surface area contributed by atoms with E-state index in [1.165, 1.54) is 25.7 Å². The van der Waals surface area contributed by atoms with Gasteiger partial charge < -0.3 is 10.1 Å². The lowest BCUT2D eigenvalue weighted by molar-refractivity contribution is -0.116. The van der Waals surface area contributed by atoms with Gasteiger partial charge in [-0.1, -0.05) is 18.9 Å². The van der Waals surface area contributed by atoms with E-state index in [2.05, 4.69) is 20.8 Å². The largest absolute Gasteiger partial charge is 0.493 e. The molecule has 1 aromatic carbocycles. The first-order valence-electron chi connectivity index (χ1n) is 9.12. The van der Waals surface area contributed by atoms with Gasteiger partial charge in [-0.2, -0.15) is 0 Å². The molecular formula is C18H23N5O2. The summed E-state index contributed by atoms with van der Waals surface area (Å²) in [4.78, 5) is 11.5. The molecule has 1 aliphatic heterocycles. The van der Waals surface area contributed by atoms with Gasteiger partial charge in [0.25, 0.3) is 0 Å². The molecule has 4 rings (SSSR count). The number of hydrogen-bond donors (Lipinski definition) is 1. The monoisotopic (exact) mass is 341 g/mol. The molecule has 1 amide bonds. The third-order valence-electron chi connectivity index (χ3n) is 5.04. The topological polar surface area (TPSA) is 81.9 Å². The Balaban J connectivity index is 1.33. The van der Waals surface area contributed by atoms with Crippen LogP contribution in [0.4, 0.5) is 5.69 Å². The first kappa shape index (κ1) is 16.1. The number of aromatic nitrogens is 4. The number of fused-ring (bicyclic) bond motifs is 1. The average molecular weight is 341 g/mol. The number of hydrogen-bond acceptors (Lipinski definition) is 5. The quantitative estimate of drug-likeness (QED) is 0.817. The van der Waals surface area contributed by atoms with E-state index in [-0.39, 0.29) is 5.91 Å². The van der Waals surface area contributed by atoms with Gasteiger partial charge in [0.05, 0.1) is 12.6 Å². The van der Waals surface area contributed by atoms with Crippen LogP contribution < -0.4 is 10.1 Å². The van der Waals surface area contributed by atoms with Crippen molar-refractivity contribution in [2.24, 2.45) is 0 Å². The van der Waals surface area contributed by atoms with Gasteiger partial charge in [0.1, 0.15) is 5.75 Å². The van der Waals surface area contributed by atoms with Gasteiger partial charge >= 0.3 is 0 Å². The summed E-state index contributed by atoms with van der Waals surface area (Å²) >= 11 is 0. The fourth-order valence-corrected chi connectivity index (χ4v) is 3.75. The Labute approximate surface area is 146 Å². The third-order valence-corrected chi connectivity index (χ3v) is 5.04. The van der Waals surface area contributed by atoms with Crippen LogP contribution in [0.3, 0.4) is 0 Å². The van der Waals surface area contributed by atoms with Crippen molar-refractivity contribution < 1.29 is 9.53 Å². The summed E-state index contributed by atoms with van der Waals surface area (Å²) in [7, 11) is 0. The molecule has 0 bridgehead atoms. The van der Waals surface area contributed by atoms with Gasteiger partial charge in [0.15, 0.2) is 5.82 Å². The SMILES string of the molecule is O=C1CCc2c(cccc2OCCCc2nnnn2C2CCCC2)N1. The average Bonchev–Trinajstić information content (AvgIpc) is 3.29. The maximum absolute atomic E-state index is 11.5. The van der Waals surface area contributed by atoms with Crippen molar-refractivity contribution in [1.82, 2.24) is 20.2 Å². The molecule has 0 unspecified atom stereocenters. The van der Waals surface area contributed by atoms with E-state index in [0.717, 1.165) is 42.1 Å². The number of rotatable bonds is 6. The zero-order valence-corrected chi connectivity index (χ0v) is 14.3. The van der Waals surface area contributed by atoms with E-state index in [9.17, 15) is 4.79 Å². The van der Waals surface area contributed by atoms with E-state index in [1.807, 2.05) is 22.9 Å². The number of tetrazole rings is 1.